The summed E-state index contributed by atoms with van der Waals surface area (Å²) in [6.07, 6.45) is 16.5. The third-order valence-electron chi connectivity index (χ3n) is 16.0. The van der Waals surface area contributed by atoms with Crippen molar-refractivity contribution in [3.8, 4) is 22.5 Å². The van der Waals surface area contributed by atoms with Crippen LogP contribution in [0, 0.1) is 0 Å². The molecule has 6 aromatic carbocycles. The molecule has 398 valence electrons. The van der Waals surface area contributed by atoms with E-state index in [0.717, 1.165) is 171 Å². The monoisotopic (exact) mass is 1020 g/mol. The van der Waals surface area contributed by atoms with E-state index in [9.17, 15) is 9.59 Å². The van der Waals surface area contributed by atoms with Gasteiger partial charge < -0.3 is 37.6 Å². The van der Waals surface area contributed by atoms with E-state index in [4.69, 9.17) is 28.4 Å². The predicted octanol–water partition coefficient (Wildman–Crippen LogP) is 17.5. The first-order chi connectivity index (χ1) is 37.3. The standard InChI is InChI=1S/C66H76N2O8/c1-3-5-35-65(37-11-12-38-65)75-63(69)73-43-17-15-41-71-47-49-23-29-53(30-24-49)67-60-22-10-8-20-56(60)58-45-51(28-34-61(58)67)52-27-33-57-55-19-7-9-21-59(55)68(62(57)46-52)54-31-25-50(26-32-54)48-72-42-16-18-44-74-64(70)76-66(36-6-4-2)39-13-14-40-66/h7-10,19-34,45-46H,3-6,11-18,35-44,47-48H2,1-2H3. The summed E-state index contributed by atoms with van der Waals surface area (Å²) in [6.45, 7) is 7.25. The second kappa shape index (κ2) is 25.0. The van der Waals surface area contributed by atoms with Gasteiger partial charge in [-0.2, -0.15) is 0 Å². The first-order valence-electron chi connectivity index (χ1n) is 28.5. The summed E-state index contributed by atoms with van der Waals surface area (Å²) >= 11 is 0. The van der Waals surface area contributed by atoms with Crippen LogP contribution in [0.2, 0.25) is 0 Å². The van der Waals surface area contributed by atoms with Crippen molar-refractivity contribution in [2.24, 2.45) is 0 Å². The maximum absolute atomic E-state index is 12.5. The van der Waals surface area contributed by atoms with E-state index >= 15 is 0 Å². The zero-order chi connectivity index (χ0) is 52.2. The molecule has 10 nitrogen and oxygen atoms in total. The highest BCUT2D eigenvalue weighted by atomic mass is 16.7. The second-order valence-corrected chi connectivity index (χ2v) is 21.4. The van der Waals surface area contributed by atoms with Gasteiger partial charge in [-0.25, -0.2) is 9.59 Å². The van der Waals surface area contributed by atoms with Crippen molar-refractivity contribution in [1.82, 2.24) is 9.13 Å². The normalized spacial score (nSPS) is 15.0. The zero-order valence-electron chi connectivity index (χ0n) is 44.8. The molecule has 2 aromatic heterocycles. The van der Waals surface area contributed by atoms with Crippen molar-refractivity contribution in [2.75, 3.05) is 26.4 Å². The van der Waals surface area contributed by atoms with Gasteiger partial charge in [0.1, 0.15) is 11.2 Å². The summed E-state index contributed by atoms with van der Waals surface area (Å²) in [5, 5.41) is 4.84. The van der Waals surface area contributed by atoms with Gasteiger partial charge in [-0.15, -0.1) is 0 Å². The van der Waals surface area contributed by atoms with Gasteiger partial charge in [0.15, 0.2) is 0 Å². The SMILES string of the molecule is CCCCC1(OC(=O)OCCCCOCc2ccc(-n3c4ccccc4c4cc(-c5ccc6c7ccccc7n(-c7ccc(COCCCCOC(=O)OC8(CCCC)CCCC8)cc7)c6c5)ccc43)cc2)CCCC1. The highest BCUT2D eigenvalue weighted by molar-refractivity contribution is 6.12. The van der Waals surface area contributed by atoms with E-state index in [1.54, 1.807) is 0 Å². The van der Waals surface area contributed by atoms with Crippen LogP contribution in [0.25, 0.3) is 66.1 Å². The van der Waals surface area contributed by atoms with Crippen molar-refractivity contribution in [2.45, 2.75) is 154 Å². The molecule has 0 spiro atoms. The minimum atomic E-state index is -0.523. The summed E-state index contributed by atoms with van der Waals surface area (Å²) in [4.78, 5) is 25.0. The lowest BCUT2D eigenvalue weighted by atomic mass is 9.95. The van der Waals surface area contributed by atoms with Crippen LogP contribution in [0.15, 0.2) is 133 Å². The fourth-order valence-corrected chi connectivity index (χ4v) is 11.9. The van der Waals surface area contributed by atoms with Crippen molar-refractivity contribution < 1.29 is 38.0 Å². The van der Waals surface area contributed by atoms with Crippen LogP contribution in [0.3, 0.4) is 0 Å². The lowest BCUT2D eigenvalue weighted by Gasteiger charge is -2.28. The zero-order valence-corrected chi connectivity index (χ0v) is 44.8. The Balaban J connectivity index is 0.755. The molecule has 2 saturated carbocycles. The Labute approximate surface area is 448 Å². The van der Waals surface area contributed by atoms with Gasteiger partial charge in [0.05, 0.1) is 48.5 Å². The van der Waals surface area contributed by atoms with E-state index in [2.05, 4.69) is 156 Å². The molecule has 2 aliphatic rings. The Hall–Kier alpha value is -6.62. The molecule has 8 aromatic rings. The quantitative estimate of drug-likeness (QED) is 0.0412. The van der Waals surface area contributed by atoms with Crippen molar-refractivity contribution in [1.29, 1.82) is 0 Å². The number of carbonyl (C=O) groups is 2. The Morgan fingerprint density at radius 3 is 1.37 bits per heavy atom. The van der Waals surface area contributed by atoms with Crippen LogP contribution in [0.5, 0.6) is 0 Å². The molecule has 0 N–H and O–H groups in total. The molecule has 0 aliphatic heterocycles. The number of hydrogen-bond acceptors (Lipinski definition) is 8. The van der Waals surface area contributed by atoms with Gasteiger partial charge in [-0.3, -0.25) is 0 Å². The summed E-state index contributed by atoms with van der Waals surface area (Å²) in [7, 11) is 0. The molecule has 2 fully saturated rings. The van der Waals surface area contributed by atoms with Gasteiger partial charge in [0.25, 0.3) is 0 Å². The van der Waals surface area contributed by atoms with Crippen LogP contribution in [-0.2, 0) is 41.6 Å². The largest absolute Gasteiger partial charge is 0.508 e. The number of carbonyl (C=O) groups excluding carboxylic acids is 2. The van der Waals surface area contributed by atoms with Crippen LogP contribution in [-0.4, -0.2) is 59.1 Å². The number of nitrogens with zero attached hydrogens (tertiary/aromatic N) is 2. The number of unbranched alkanes of at least 4 members (excludes halogenated alkanes) is 4. The maximum atomic E-state index is 12.5. The second-order valence-electron chi connectivity index (χ2n) is 21.4. The van der Waals surface area contributed by atoms with Crippen LogP contribution in [0.1, 0.15) is 141 Å². The Kier molecular flexibility index (Phi) is 17.4. The van der Waals surface area contributed by atoms with Crippen LogP contribution < -0.4 is 0 Å². The number of hydrogen-bond donors (Lipinski definition) is 0. The fourth-order valence-electron chi connectivity index (χ4n) is 11.9. The van der Waals surface area contributed by atoms with E-state index < -0.39 is 12.3 Å². The third-order valence-corrected chi connectivity index (χ3v) is 16.0. The average molecular weight is 1030 g/mol. The number of fused-ring (bicyclic) bond motifs is 6. The molecule has 0 amide bonds. The minimum absolute atomic E-state index is 0.319. The highest BCUT2D eigenvalue weighted by Gasteiger charge is 2.38. The lowest BCUT2D eigenvalue weighted by Crippen LogP contribution is -2.32. The molecule has 0 unspecified atom stereocenters. The lowest BCUT2D eigenvalue weighted by molar-refractivity contribution is -0.0394. The van der Waals surface area contributed by atoms with Gasteiger partial charge in [0, 0.05) is 46.1 Å². The van der Waals surface area contributed by atoms with Crippen molar-refractivity contribution in [3.63, 3.8) is 0 Å². The predicted molar refractivity (Wildman–Crippen MR) is 305 cm³/mol. The molecular formula is C66H76N2O8. The number of benzene rings is 6. The van der Waals surface area contributed by atoms with Gasteiger partial charge >= 0.3 is 12.3 Å². The number of aromatic nitrogens is 2. The molecule has 10 rings (SSSR count). The Bertz CT molecular complexity index is 3190. The van der Waals surface area contributed by atoms with Gasteiger partial charge in [-0.1, -0.05) is 106 Å². The molecule has 0 atom stereocenters. The molecule has 0 bridgehead atoms. The summed E-state index contributed by atoms with van der Waals surface area (Å²) in [6, 6.07) is 48.4. The van der Waals surface area contributed by atoms with E-state index in [1.165, 1.54) is 21.5 Å². The molecule has 76 heavy (non-hydrogen) atoms. The molecule has 0 radical (unpaired) electrons. The van der Waals surface area contributed by atoms with E-state index in [1.807, 2.05) is 0 Å². The molecule has 2 aliphatic carbocycles. The highest BCUT2D eigenvalue weighted by Crippen LogP contribution is 2.41. The summed E-state index contributed by atoms with van der Waals surface area (Å²) < 4.78 is 39.5. The van der Waals surface area contributed by atoms with Crippen molar-refractivity contribution >= 4 is 55.9 Å². The molecule has 2 heterocycles. The number of rotatable bonds is 25. The van der Waals surface area contributed by atoms with E-state index in [-0.39, 0.29) is 11.2 Å². The topological polar surface area (TPSA) is 99.4 Å². The summed E-state index contributed by atoms with van der Waals surface area (Å²) in [5.41, 5.74) is 10.7. The van der Waals surface area contributed by atoms with Crippen molar-refractivity contribution in [3.05, 3.63) is 145 Å². The third kappa shape index (κ3) is 12.3. The molecule has 10 heteroatoms. The minimum Gasteiger partial charge on any atom is -0.434 e. The number of para-hydroxylation sites is 2. The van der Waals surface area contributed by atoms with Crippen LogP contribution in [0.4, 0.5) is 9.59 Å². The first kappa shape index (κ1) is 52.8. The number of ether oxygens (including phenoxy) is 6. The molecular weight excluding hydrogens is 949 g/mol. The Morgan fingerprint density at radius 2 is 0.855 bits per heavy atom. The van der Waals surface area contributed by atoms with Gasteiger partial charge in [0.2, 0.25) is 0 Å². The Morgan fingerprint density at radius 1 is 0.434 bits per heavy atom. The first-order valence-corrected chi connectivity index (χ1v) is 28.5. The summed E-state index contributed by atoms with van der Waals surface area (Å²) in [5.74, 6) is 0. The van der Waals surface area contributed by atoms with Crippen LogP contribution >= 0.6 is 0 Å². The molecule has 0 saturated heterocycles. The van der Waals surface area contributed by atoms with Gasteiger partial charge in [-0.05, 0) is 180 Å². The fraction of sp³-hybridized carbons (Fsp3) is 0.424. The van der Waals surface area contributed by atoms with E-state index in [0.29, 0.717) is 39.6 Å². The maximum Gasteiger partial charge on any atom is 0.508 e. The smallest absolute Gasteiger partial charge is 0.434 e. The average Bonchev–Trinajstić information content (AvgIpc) is 4.27.